The van der Waals surface area contributed by atoms with E-state index in [0.29, 0.717) is 0 Å². The summed E-state index contributed by atoms with van der Waals surface area (Å²) in [5, 5.41) is 9.23. The van der Waals surface area contributed by atoms with Crippen LogP contribution in [0.15, 0.2) is 558 Å². The van der Waals surface area contributed by atoms with Gasteiger partial charge >= 0.3 is 0 Å². The summed E-state index contributed by atoms with van der Waals surface area (Å²) >= 11 is 0. The van der Waals surface area contributed by atoms with E-state index in [1.807, 2.05) is 0 Å². The lowest BCUT2D eigenvalue weighted by atomic mass is 9.79. The summed E-state index contributed by atoms with van der Waals surface area (Å²) in [4.78, 5) is 0. The highest BCUT2D eigenvalue weighted by Gasteiger charge is 2.28. The molecule has 0 spiro atoms. The molecule has 25 rings (SSSR count). The first kappa shape index (κ1) is 83.6. The van der Waals surface area contributed by atoms with Gasteiger partial charge in [0.25, 0.3) is 0 Å². The molecule has 0 atom stereocenters. The largest absolute Gasteiger partial charge is 0.0622 e. The number of rotatable bonds is 20. The summed E-state index contributed by atoms with van der Waals surface area (Å²) in [5.74, 6) is 0. The van der Waals surface area contributed by atoms with Gasteiger partial charge in [-0.3, -0.25) is 0 Å². The van der Waals surface area contributed by atoms with Crippen molar-refractivity contribution < 1.29 is 0 Å². The van der Waals surface area contributed by atoms with Gasteiger partial charge in [0.2, 0.25) is 0 Å². The zero-order valence-electron chi connectivity index (χ0n) is 77.1. The lowest BCUT2D eigenvalue weighted by Crippen LogP contribution is -1.97. The number of hydrogen-bond acceptors (Lipinski definition) is 0. The molecule has 0 saturated carbocycles. The van der Waals surface area contributed by atoms with Crippen LogP contribution in [0.2, 0.25) is 0 Å². The molecule has 652 valence electrons. The minimum Gasteiger partial charge on any atom is -0.0622 e. The number of fused-ring (bicyclic) bond motifs is 2. The second-order valence-electron chi connectivity index (χ2n) is 36.8. The quantitative estimate of drug-likeness (QED) is 0.0527. The fraction of sp³-hybridized carbons (Fsp3) is 0. The average Bonchev–Trinajstić information content (AvgIpc) is 0.696. The van der Waals surface area contributed by atoms with Crippen molar-refractivity contribution in [3.05, 3.63) is 558 Å². The van der Waals surface area contributed by atoms with Crippen LogP contribution in [-0.4, -0.2) is 0 Å². The van der Waals surface area contributed by atoms with Crippen molar-refractivity contribution in [3.63, 3.8) is 0 Å². The molecule has 140 heavy (non-hydrogen) atoms. The van der Waals surface area contributed by atoms with Crippen LogP contribution >= 0.6 is 0 Å². The van der Waals surface area contributed by atoms with Gasteiger partial charge in [0, 0.05) is 0 Å². The van der Waals surface area contributed by atoms with Crippen molar-refractivity contribution in [3.8, 4) is 223 Å². The van der Waals surface area contributed by atoms with Crippen LogP contribution in [-0.2, 0) is 0 Å². The van der Waals surface area contributed by atoms with Crippen molar-refractivity contribution in [2.75, 3.05) is 0 Å². The van der Waals surface area contributed by atoms with Crippen molar-refractivity contribution in [1.29, 1.82) is 0 Å². The van der Waals surface area contributed by atoms with Crippen LogP contribution in [0.25, 0.3) is 266 Å². The summed E-state index contributed by atoms with van der Waals surface area (Å²) < 4.78 is 0. The minimum absolute atomic E-state index is 1.11. The van der Waals surface area contributed by atoms with Crippen molar-refractivity contribution in [1.82, 2.24) is 0 Å². The van der Waals surface area contributed by atoms with Gasteiger partial charge in [0.1, 0.15) is 0 Å². The van der Waals surface area contributed by atoms with Crippen LogP contribution in [0.1, 0.15) is 0 Å². The van der Waals surface area contributed by atoms with E-state index in [1.54, 1.807) is 0 Å². The fourth-order valence-electron chi connectivity index (χ4n) is 21.6. The van der Waals surface area contributed by atoms with Crippen LogP contribution in [0.3, 0.4) is 0 Å². The lowest BCUT2D eigenvalue weighted by molar-refractivity contribution is 1.55. The van der Waals surface area contributed by atoms with E-state index in [2.05, 4.69) is 558 Å². The minimum atomic E-state index is 1.11. The Hall–Kier alpha value is -18.2. The van der Waals surface area contributed by atoms with E-state index in [4.69, 9.17) is 0 Å². The Bertz CT molecular complexity index is 7390. The molecule has 0 radical (unpaired) electrons. The van der Waals surface area contributed by atoms with Gasteiger partial charge in [-0.1, -0.05) is 510 Å². The molecule has 0 aliphatic heterocycles. The first-order valence-corrected chi connectivity index (χ1v) is 48.5. The van der Waals surface area contributed by atoms with Gasteiger partial charge in [0.05, 0.1) is 0 Å². The Kier molecular flexibility index (Phi) is 21.8. The smallest absolute Gasteiger partial charge is 0.00255 e. The highest BCUT2D eigenvalue weighted by atomic mass is 14.3. The van der Waals surface area contributed by atoms with Crippen molar-refractivity contribution >= 4 is 43.1 Å². The second kappa shape index (κ2) is 36.5. The molecule has 0 N–H and O–H groups in total. The molecule has 0 saturated heterocycles. The van der Waals surface area contributed by atoms with E-state index in [0.717, 1.165) is 210 Å². The second-order valence-corrected chi connectivity index (χ2v) is 36.8. The number of benzene rings is 25. The summed E-state index contributed by atoms with van der Waals surface area (Å²) in [6.07, 6.45) is 0. The standard InChI is InChI=1S/C140H92/c1-9-29-93(30-10-1)101-53-69-109(70-54-101)123-45-25-46-124(110-71-55-102(56-72-110)94-31-11-2-12-32-94)135(123)119-85-117-86-120(136-125(111-73-57-103(58-74-111)95-33-13-3-14-34-95)47-26-48-126(136)112-75-59-104(60-76-112)96-35-15-4-16-36-96)91-133-134-92-122(138-129(115-81-65-107(66-82-115)99-41-21-7-22-42-99)51-28-52-130(138)116-83-67-108(68-84-116)100-43-23-8-24-44-100)88-118-87-121(90-132(140(118)134)131(89-119)139(117)133)137-127(113-77-61-105(62-78-113)97-37-17-5-18-38-97)49-27-50-128(137)114-79-63-106(64-80-114)98-39-19-6-20-40-98/h1-92H. The molecule has 0 aliphatic rings. The third-order valence-corrected chi connectivity index (χ3v) is 28.5. The molecular weight excluding hydrogens is 1680 g/mol. The Morgan fingerprint density at radius 2 is 0.193 bits per heavy atom. The lowest BCUT2D eigenvalue weighted by Gasteiger charge is -2.24. The maximum atomic E-state index is 2.59. The highest BCUT2D eigenvalue weighted by Crippen LogP contribution is 2.55. The molecule has 0 fully saturated rings. The summed E-state index contributed by atoms with van der Waals surface area (Å²) in [7, 11) is 0. The SMILES string of the molecule is c1ccc(-c2ccc(-c3cccc(-c4ccc(-c5ccccc5)cc4)c3-c3cc4cc(-c5c(-c6ccc(-c7ccccc7)cc6)cccc5-c5ccc(-c6ccccc6)cc5)cc5c6cc(-c7c(-c8ccc(-c9ccccc9)cc8)cccc7-c7ccc(-c8ccccc8)cc7)cc7cc(-c8c(-c9ccc(-c%10ccccc%10)cc9)cccc8-c8ccc(-c9ccccc9)cc8)cc(c(c3)c45)c76)cc2)cc1. The predicted octanol–water partition coefficient (Wildman–Crippen LogP) is 39.1. The average molecular weight is 1770 g/mol. The molecule has 0 amide bonds. The normalized spacial score (nSPS) is 11.4. The molecule has 0 nitrogen and oxygen atoms in total. The summed E-state index contributed by atoms with van der Waals surface area (Å²) in [5.41, 5.74) is 45.8. The molecular formula is C140H92. The Morgan fingerprint density at radius 1 is 0.0786 bits per heavy atom. The maximum absolute atomic E-state index is 2.59. The summed E-state index contributed by atoms with van der Waals surface area (Å²) in [6.45, 7) is 0. The van der Waals surface area contributed by atoms with E-state index < -0.39 is 0 Å². The molecule has 0 aromatic heterocycles. The zero-order valence-corrected chi connectivity index (χ0v) is 77.1. The van der Waals surface area contributed by atoms with Gasteiger partial charge in [-0.25, -0.2) is 0 Å². The predicted molar refractivity (Wildman–Crippen MR) is 596 cm³/mol. The third kappa shape index (κ3) is 15.9. The molecule has 25 aromatic carbocycles. The van der Waals surface area contributed by atoms with Crippen molar-refractivity contribution in [2.24, 2.45) is 0 Å². The Morgan fingerprint density at radius 3 is 0.321 bits per heavy atom. The van der Waals surface area contributed by atoms with E-state index >= 15 is 0 Å². The first-order chi connectivity index (χ1) is 69.4. The van der Waals surface area contributed by atoms with Gasteiger partial charge < -0.3 is 0 Å². The Balaban J connectivity index is 0.825. The zero-order chi connectivity index (χ0) is 92.8. The van der Waals surface area contributed by atoms with E-state index in [1.165, 1.54) is 55.3 Å². The van der Waals surface area contributed by atoms with Crippen LogP contribution < -0.4 is 0 Å². The highest BCUT2D eigenvalue weighted by molar-refractivity contribution is 6.36. The molecule has 25 aromatic rings. The fourth-order valence-corrected chi connectivity index (χ4v) is 21.6. The van der Waals surface area contributed by atoms with E-state index in [9.17, 15) is 0 Å². The van der Waals surface area contributed by atoms with Gasteiger partial charge in [-0.15, -0.1) is 0 Å². The van der Waals surface area contributed by atoms with Crippen LogP contribution in [0, 0.1) is 0 Å². The monoisotopic (exact) mass is 1770 g/mol. The Labute approximate surface area is 817 Å². The van der Waals surface area contributed by atoms with Crippen LogP contribution in [0.4, 0.5) is 0 Å². The molecule has 0 unspecified atom stereocenters. The van der Waals surface area contributed by atoms with Gasteiger partial charge in [0.15, 0.2) is 0 Å². The first-order valence-electron chi connectivity index (χ1n) is 48.5. The summed E-state index contributed by atoms with van der Waals surface area (Å²) in [6, 6.07) is 209. The topological polar surface area (TPSA) is 0 Å². The molecule has 0 heterocycles. The van der Waals surface area contributed by atoms with Crippen molar-refractivity contribution in [2.45, 2.75) is 0 Å². The van der Waals surface area contributed by atoms with Gasteiger partial charge in [-0.2, -0.15) is 0 Å². The van der Waals surface area contributed by atoms with E-state index in [-0.39, 0.29) is 0 Å². The van der Waals surface area contributed by atoms with Crippen LogP contribution in [0.5, 0.6) is 0 Å². The number of hydrogen-bond donors (Lipinski definition) is 0. The third-order valence-electron chi connectivity index (χ3n) is 28.5. The molecule has 0 heteroatoms. The molecule has 0 bridgehead atoms. The van der Waals surface area contributed by atoms with Gasteiger partial charge in [-0.05, 0) is 314 Å². The molecule has 0 aliphatic carbocycles. The maximum Gasteiger partial charge on any atom is -0.00255 e.